The molecule has 0 aromatic heterocycles. The Kier molecular flexibility index (Phi) is 3.93. The van der Waals surface area contributed by atoms with Gasteiger partial charge in [-0.1, -0.05) is 36.9 Å². The van der Waals surface area contributed by atoms with Crippen molar-refractivity contribution < 1.29 is 9.53 Å². The summed E-state index contributed by atoms with van der Waals surface area (Å²) in [6, 6.07) is 10.4. The zero-order chi connectivity index (χ0) is 13.9. The van der Waals surface area contributed by atoms with E-state index in [9.17, 15) is 4.79 Å². The molecule has 0 bridgehead atoms. The van der Waals surface area contributed by atoms with Gasteiger partial charge in [0.25, 0.3) is 0 Å². The minimum atomic E-state index is -0.385. The van der Waals surface area contributed by atoms with Crippen LogP contribution in [0.25, 0.3) is 0 Å². The molecule has 1 amide bonds. The number of hydrogen-bond acceptors (Lipinski definition) is 2. The molecule has 1 fully saturated rings. The fourth-order valence-corrected chi connectivity index (χ4v) is 2.28. The summed E-state index contributed by atoms with van der Waals surface area (Å²) in [5.41, 5.74) is 0.958. The number of ether oxygens (including phenoxy) is 1. The van der Waals surface area contributed by atoms with Crippen LogP contribution in [0.15, 0.2) is 42.7 Å². The quantitative estimate of drug-likeness (QED) is 0.754. The number of cyclic esters (lactones) is 1. The van der Waals surface area contributed by atoms with Crippen LogP contribution in [0.2, 0.25) is 0 Å². The normalized spacial score (nSPS) is 17.7. The molecular weight excluding hydrogens is 238 g/mol. The minimum absolute atomic E-state index is 0.269. The maximum absolute atomic E-state index is 11.7. The molecular formula is C16H21NO2. The molecule has 1 aliphatic rings. The molecule has 19 heavy (non-hydrogen) atoms. The Labute approximate surface area is 114 Å². The highest BCUT2D eigenvalue weighted by atomic mass is 16.6. The smallest absolute Gasteiger partial charge is 0.413 e. The average molecular weight is 259 g/mol. The van der Waals surface area contributed by atoms with Crippen molar-refractivity contribution in [2.75, 3.05) is 6.54 Å². The number of nitrogens with zero attached hydrogens (tertiary/aromatic N) is 1. The number of unbranched alkanes of at least 4 members (excludes halogenated alkanes) is 1. The standard InChI is InChI=1S/C16H21NO2/c1-13-16(2,3)17(15(18)19-13)12-8-7-11-14-9-5-4-6-10-14/h4-6,9-10H,1,7-8,11-12H2,2-3H3. The average Bonchev–Trinajstić information content (AvgIpc) is 2.57. The van der Waals surface area contributed by atoms with Gasteiger partial charge in [-0.25, -0.2) is 4.79 Å². The summed E-state index contributed by atoms with van der Waals surface area (Å²) >= 11 is 0. The first-order valence-electron chi connectivity index (χ1n) is 6.74. The molecule has 0 atom stereocenters. The molecule has 1 aliphatic heterocycles. The third-order valence-corrected chi connectivity index (χ3v) is 3.73. The summed E-state index contributed by atoms with van der Waals surface area (Å²) in [6.07, 6.45) is 2.82. The molecule has 1 aromatic carbocycles. The zero-order valence-electron chi connectivity index (χ0n) is 11.7. The van der Waals surface area contributed by atoms with Crippen molar-refractivity contribution in [3.8, 4) is 0 Å². The summed E-state index contributed by atoms with van der Waals surface area (Å²) in [5, 5.41) is 0. The molecule has 0 spiro atoms. The first-order valence-corrected chi connectivity index (χ1v) is 6.74. The maximum atomic E-state index is 11.7. The Morgan fingerprint density at radius 3 is 2.47 bits per heavy atom. The van der Waals surface area contributed by atoms with Crippen LogP contribution in [0, 0.1) is 0 Å². The van der Waals surface area contributed by atoms with E-state index in [0.29, 0.717) is 5.76 Å². The number of rotatable bonds is 5. The van der Waals surface area contributed by atoms with Gasteiger partial charge in [0.15, 0.2) is 0 Å². The molecule has 0 aliphatic carbocycles. The van der Waals surface area contributed by atoms with Gasteiger partial charge in [-0.2, -0.15) is 0 Å². The van der Waals surface area contributed by atoms with E-state index in [1.54, 1.807) is 4.90 Å². The molecule has 102 valence electrons. The fourth-order valence-electron chi connectivity index (χ4n) is 2.28. The SMILES string of the molecule is C=C1OC(=O)N(CCCCc2ccccc2)C1(C)C. The van der Waals surface area contributed by atoms with Crippen LogP contribution in [0.1, 0.15) is 32.3 Å². The summed E-state index contributed by atoms with van der Waals surface area (Å²) in [7, 11) is 0. The fraction of sp³-hybridized carbons (Fsp3) is 0.438. The lowest BCUT2D eigenvalue weighted by molar-refractivity contribution is 0.156. The summed E-state index contributed by atoms with van der Waals surface area (Å²) in [6.45, 7) is 8.46. The Morgan fingerprint density at radius 1 is 1.21 bits per heavy atom. The summed E-state index contributed by atoms with van der Waals surface area (Å²) < 4.78 is 5.10. The third kappa shape index (κ3) is 2.98. The Balaban J connectivity index is 1.80. The van der Waals surface area contributed by atoms with E-state index >= 15 is 0 Å². The second kappa shape index (κ2) is 5.47. The first kappa shape index (κ1) is 13.7. The molecule has 1 aromatic rings. The molecule has 1 heterocycles. The lowest BCUT2D eigenvalue weighted by atomic mass is 10.0. The molecule has 3 nitrogen and oxygen atoms in total. The number of hydrogen-bond donors (Lipinski definition) is 0. The molecule has 3 heteroatoms. The van der Waals surface area contributed by atoms with Gasteiger partial charge < -0.3 is 4.74 Å². The lowest BCUT2D eigenvalue weighted by Crippen LogP contribution is -2.41. The van der Waals surface area contributed by atoms with E-state index in [4.69, 9.17) is 4.74 Å². The van der Waals surface area contributed by atoms with E-state index in [-0.39, 0.29) is 11.6 Å². The number of aryl methyl sites for hydroxylation is 1. The highest BCUT2D eigenvalue weighted by molar-refractivity contribution is 5.74. The van der Waals surface area contributed by atoms with Crippen molar-refractivity contribution in [2.45, 2.75) is 38.6 Å². The molecule has 2 rings (SSSR count). The van der Waals surface area contributed by atoms with E-state index < -0.39 is 0 Å². The van der Waals surface area contributed by atoms with Gasteiger partial charge in [0.1, 0.15) is 5.76 Å². The van der Waals surface area contributed by atoms with E-state index in [1.165, 1.54) is 5.56 Å². The van der Waals surface area contributed by atoms with Crippen molar-refractivity contribution in [3.63, 3.8) is 0 Å². The van der Waals surface area contributed by atoms with Gasteiger partial charge in [0, 0.05) is 6.54 Å². The minimum Gasteiger partial charge on any atom is -0.413 e. The largest absolute Gasteiger partial charge is 0.415 e. The van der Waals surface area contributed by atoms with Gasteiger partial charge in [-0.15, -0.1) is 0 Å². The van der Waals surface area contributed by atoms with Crippen molar-refractivity contribution in [1.29, 1.82) is 0 Å². The van der Waals surface area contributed by atoms with Crippen LogP contribution < -0.4 is 0 Å². The molecule has 0 unspecified atom stereocenters. The predicted octanol–water partition coefficient (Wildman–Crippen LogP) is 3.75. The first-order chi connectivity index (χ1) is 9.01. The van der Waals surface area contributed by atoms with Gasteiger partial charge in [0.2, 0.25) is 0 Å². The summed E-state index contributed by atoms with van der Waals surface area (Å²) in [5.74, 6) is 0.542. The predicted molar refractivity (Wildman–Crippen MR) is 75.8 cm³/mol. The summed E-state index contributed by atoms with van der Waals surface area (Å²) in [4.78, 5) is 13.5. The molecule has 0 saturated carbocycles. The van der Waals surface area contributed by atoms with E-state index in [0.717, 1.165) is 25.8 Å². The number of carbonyl (C=O) groups is 1. The van der Waals surface area contributed by atoms with Crippen molar-refractivity contribution in [2.24, 2.45) is 0 Å². The topological polar surface area (TPSA) is 29.5 Å². The number of benzene rings is 1. The highest BCUT2D eigenvalue weighted by Gasteiger charge is 2.42. The maximum Gasteiger partial charge on any atom is 0.415 e. The van der Waals surface area contributed by atoms with Crippen molar-refractivity contribution in [3.05, 3.63) is 48.2 Å². The second-order valence-corrected chi connectivity index (χ2v) is 5.44. The molecule has 0 N–H and O–H groups in total. The van der Waals surface area contributed by atoms with Crippen molar-refractivity contribution in [1.82, 2.24) is 4.90 Å². The molecule has 0 radical (unpaired) electrons. The van der Waals surface area contributed by atoms with Crippen LogP contribution in [-0.4, -0.2) is 23.1 Å². The number of carbonyl (C=O) groups excluding carboxylic acids is 1. The Bertz CT molecular complexity index is 465. The molecule has 1 saturated heterocycles. The number of amides is 1. The Hall–Kier alpha value is -1.77. The van der Waals surface area contributed by atoms with Crippen LogP contribution in [0.3, 0.4) is 0 Å². The monoisotopic (exact) mass is 259 g/mol. The van der Waals surface area contributed by atoms with E-state index in [2.05, 4.69) is 30.8 Å². The van der Waals surface area contributed by atoms with Crippen LogP contribution in [0.4, 0.5) is 4.79 Å². The van der Waals surface area contributed by atoms with Gasteiger partial charge in [-0.3, -0.25) is 4.90 Å². The lowest BCUT2D eigenvalue weighted by Gasteiger charge is -2.28. The van der Waals surface area contributed by atoms with Crippen LogP contribution in [0.5, 0.6) is 0 Å². The van der Waals surface area contributed by atoms with Gasteiger partial charge in [-0.05, 0) is 38.7 Å². The third-order valence-electron chi connectivity index (χ3n) is 3.73. The second-order valence-electron chi connectivity index (χ2n) is 5.44. The van der Waals surface area contributed by atoms with Gasteiger partial charge >= 0.3 is 6.09 Å². The van der Waals surface area contributed by atoms with Gasteiger partial charge in [0.05, 0.1) is 5.54 Å². The van der Waals surface area contributed by atoms with Crippen LogP contribution in [-0.2, 0) is 11.2 Å². The van der Waals surface area contributed by atoms with E-state index in [1.807, 2.05) is 19.9 Å². The highest BCUT2D eigenvalue weighted by Crippen LogP contribution is 2.32. The zero-order valence-corrected chi connectivity index (χ0v) is 11.7. The van der Waals surface area contributed by atoms with Crippen molar-refractivity contribution >= 4 is 6.09 Å². The van der Waals surface area contributed by atoms with Crippen LogP contribution >= 0.6 is 0 Å². The Morgan fingerprint density at radius 2 is 1.89 bits per heavy atom.